The van der Waals surface area contributed by atoms with Gasteiger partial charge in [0, 0.05) is 23.7 Å². The van der Waals surface area contributed by atoms with Crippen LogP contribution < -0.4 is 4.74 Å². The Bertz CT molecular complexity index is 985. The Kier molecular flexibility index (Phi) is 6.39. The fourth-order valence-corrected chi connectivity index (χ4v) is 3.92. The molecule has 0 unspecified atom stereocenters. The van der Waals surface area contributed by atoms with Crippen molar-refractivity contribution >= 4 is 33.4 Å². The van der Waals surface area contributed by atoms with Gasteiger partial charge < -0.3 is 19.5 Å². The number of halogens is 1. The number of hydrogen-bond donors (Lipinski definition) is 1. The third kappa shape index (κ3) is 4.06. The van der Waals surface area contributed by atoms with Crippen molar-refractivity contribution in [2.75, 3.05) is 27.4 Å². The number of methoxy groups -OCH3 is 2. The molecular formula is C22H22BrNO5. The maximum Gasteiger partial charge on any atom is 0.295 e. The first-order valence-electron chi connectivity index (χ1n) is 9.06. The molecule has 2 aromatic rings. The topological polar surface area (TPSA) is 76.1 Å². The number of aryl methyl sites for hydroxylation is 1. The first-order valence-corrected chi connectivity index (χ1v) is 9.86. The van der Waals surface area contributed by atoms with Gasteiger partial charge in [0.25, 0.3) is 11.7 Å². The summed E-state index contributed by atoms with van der Waals surface area (Å²) in [5.74, 6) is -0.902. The highest BCUT2D eigenvalue weighted by molar-refractivity contribution is 9.10. The molecule has 1 aliphatic heterocycles. The van der Waals surface area contributed by atoms with E-state index in [-0.39, 0.29) is 24.5 Å². The molecule has 0 bridgehead atoms. The second-order valence-electron chi connectivity index (χ2n) is 6.72. The summed E-state index contributed by atoms with van der Waals surface area (Å²) in [4.78, 5) is 27.1. The molecule has 0 spiro atoms. The molecule has 7 heteroatoms. The minimum absolute atomic E-state index is 0.0637. The monoisotopic (exact) mass is 459 g/mol. The van der Waals surface area contributed by atoms with Crippen LogP contribution in [-0.2, 0) is 14.3 Å². The van der Waals surface area contributed by atoms with Crippen molar-refractivity contribution in [3.63, 3.8) is 0 Å². The average molecular weight is 460 g/mol. The first kappa shape index (κ1) is 21.1. The molecule has 3 rings (SSSR count). The van der Waals surface area contributed by atoms with Crippen molar-refractivity contribution in [2.45, 2.75) is 13.0 Å². The summed E-state index contributed by atoms with van der Waals surface area (Å²) in [6, 6.07) is 11.8. The SMILES string of the molecule is COCCN1C(=O)C(=O)/C(=C(/O)c2ccc(OC)c(C)c2)[C@@H]1c1cccc(Br)c1. The lowest BCUT2D eigenvalue weighted by atomic mass is 9.95. The van der Waals surface area contributed by atoms with Crippen LogP contribution in [-0.4, -0.2) is 49.1 Å². The molecule has 0 aromatic heterocycles. The highest BCUT2D eigenvalue weighted by atomic mass is 79.9. The second-order valence-corrected chi connectivity index (χ2v) is 7.64. The van der Waals surface area contributed by atoms with Crippen LogP contribution in [0.25, 0.3) is 5.76 Å². The lowest BCUT2D eigenvalue weighted by Gasteiger charge is -2.25. The zero-order chi connectivity index (χ0) is 21.1. The smallest absolute Gasteiger partial charge is 0.295 e. The summed E-state index contributed by atoms with van der Waals surface area (Å²) in [5, 5.41) is 11.0. The molecular weight excluding hydrogens is 438 g/mol. The van der Waals surface area contributed by atoms with Gasteiger partial charge in [-0.1, -0.05) is 28.1 Å². The van der Waals surface area contributed by atoms with Gasteiger partial charge in [-0.2, -0.15) is 0 Å². The van der Waals surface area contributed by atoms with Gasteiger partial charge in [-0.3, -0.25) is 9.59 Å². The largest absolute Gasteiger partial charge is 0.507 e. The number of Topliss-reactive ketones (excluding diaryl/α,β-unsaturated/α-hetero) is 1. The molecule has 1 amide bonds. The fraction of sp³-hybridized carbons (Fsp3) is 0.273. The van der Waals surface area contributed by atoms with Crippen molar-refractivity contribution in [3.8, 4) is 5.75 Å². The Morgan fingerprint density at radius 1 is 1.17 bits per heavy atom. The van der Waals surface area contributed by atoms with Crippen LogP contribution in [0.1, 0.15) is 22.7 Å². The number of amides is 1. The highest BCUT2D eigenvalue weighted by Gasteiger charge is 2.45. The molecule has 1 fully saturated rings. The summed E-state index contributed by atoms with van der Waals surface area (Å²) in [7, 11) is 3.10. The first-order chi connectivity index (χ1) is 13.9. The van der Waals surface area contributed by atoms with Gasteiger partial charge in [0.1, 0.15) is 11.5 Å². The number of rotatable bonds is 6. The van der Waals surface area contributed by atoms with Crippen LogP contribution in [0.3, 0.4) is 0 Å². The third-order valence-corrected chi connectivity index (χ3v) is 5.40. The van der Waals surface area contributed by atoms with E-state index in [1.165, 1.54) is 12.0 Å². The third-order valence-electron chi connectivity index (χ3n) is 4.91. The summed E-state index contributed by atoms with van der Waals surface area (Å²) in [6.45, 7) is 2.36. The summed E-state index contributed by atoms with van der Waals surface area (Å²) >= 11 is 3.43. The molecule has 0 radical (unpaired) electrons. The minimum Gasteiger partial charge on any atom is -0.507 e. The molecule has 1 N–H and O–H groups in total. The Hall–Kier alpha value is -2.64. The predicted molar refractivity (Wildman–Crippen MR) is 113 cm³/mol. The predicted octanol–water partition coefficient (Wildman–Crippen LogP) is 3.83. The molecule has 152 valence electrons. The normalized spacial score (nSPS) is 18.3. The summed E-state index contributed by atoms with van der Waals surface area (Å²) < 4.78 is 11.2. The number of ether oxygens (including phenoxy) is 2. The van der Waals surface area contributed by atoms with Crippen LogP contribution in [0.4, 0.5) is 0 Å². The standard InChI is InChI=1S/C22H22BrNO5/c1-13-11-15(7-8-17(13)29-3)20(25)18-19(14-5-4-6-16(23)12-14)24(9-10-28-2)22(27)21(18)26/h4-8,11-12,19,25H,9-10H2,1-3H3/b20-18+/t19-/m0/s1. The zero-order valence-electron chi connectivity index (χ0n) is 16.4. The number of aliphatic hydroxyl groups is 1. The van der Waals surface area contributed by atoms with E-state index >= 15 is 0 Å². The number of nitrogens with zero attached hydrogens (tertiary/aromatic N) is 1. The number of benzene rings is 2. The Morgan fingerprint density at radius 3 is 2.55 bits per heavy atom. The minimum atomic E-state index is -0.711. The van der Waals surface area contributed by atoms with E-state index in [1.807, 2.05) is 31.2 Å². The lowest BCUT2D eigenvalue weighted by molar-refractivity contribution is -0.140. The number of hydrogen-bond acceptors (Lipinski definition) is 5. The van der Waals surface area contributed by atoms with Gasteiger partial charge in [-0.25, -0.2) is 0 Å². The van der Waals surface area contributed by atoms with Crippen LogP contribution >= 0.6 is 15.9 Å². The number of carbonyl (C=O) groups is 2. The van der Waals surface area contributed by atoms with E-state index in [0.717, 1.165) is 15.6 Å². The Labute approximate surface area is 177 Å². The summed E-state index contributed by atoms with van der Waals surface area (Å²) in [6.07, 6.45) is 0. The molecule has 1 heterocycles. The van der Waals surface area contributed by atoms with Crippen LogP contribution in [0.5, 0.6) is 5.75 Å². The zero-order valence-corrected chi connectivity index (χ0v) is 18.0. The van der Waals surface area contributed by atoms with Gasteiger partial charge in [-0.15, -0.1) is 0 Å². The maximum absolute atomic E-state index is 12.9. The van der Waals surface area contributed by atoms with E-state index in [1.54, 1.807) is 25.3 Å². The van der Waals surface area contributed by atoms with Gasteiger partial charge in [-0.05, 0) is 48.4 Å². The fourth-order valence-electron chi connectivity index (χ4n) is 3.50. The van der Waals surface area contributed by atoms with E-state index < -0.39 is 17.7 Å². The number of likely N-dealkylation sites (tertiary alicyclic amines) is 1. The molecule has 1 atom stereocenters. The number of aliphatic hydroxyl groups excluding tert-OH is 1. The van der Waals surface area contributed by atoms with Crippen LogP contribution in [0.2, 0.25) is 0 Å². The quantitative estimate of drug-likeness (QED) is 0.403. The molecule has 0 aliphatic carbocycles. The molecule has 2 aromatic carbocycles. The van der Waals surface area contributed by atoms with Crippen molar-refractivity contribution in [1.82, 2.24) is 4.90 Å². The lowest BCUT2D eigenvalue weighted by Crippen LogP contribution is -2.32. The molecule has 0 saturated carbocycles. The van der Waals surface area contributed by atoms with Crippen molar-refractivity contribution in [3.05, 3.63) is 69.2 Å². The maximum atomic E-state index is 12.9. The molecule has 6 nitrogen and oxygen atoms in total. The Morgan fingerprint density at radius 2 is 1.93 bits per heavy atom. The van der Waals surface area contributed by atoms with E-state index in [2.05, 4.69) is 15.9 Å². The summed E-state index contributed by atoms with van der Waals surface area (Å²) in [5.41, 5.74) is 2.05. The number of ketones is 1. The van der Waals surface area contributed by atoms with E-state index in [4.69, 9.17) is 9.47 Å². The van der Waals surface area contributed by atoms with Gasteiger partial charge >= 0.3 is 0 Å². The molecule has 1 aliphatic rings. The highest BCUT2D eigenvalue weighted by Crippen LogP contribution is 2.40. The number of carbonyl (C=O) groups excluding carboxylic acids is 2. The second kappa shape index (κ2) is 8.80. The van der Waals surface area contributed by atoms with Gasteiger partial charge in [0.15, 0.2) is 0 Å². The van der Waals surface area contributed by atoms with Crippen LogP contribution in [0.15, 0.2) is 52.5 Å². The Balaban J connectivity index is 2.17. The molecule has 1 saturated heterocycles. The van der Waals surface area contributed by atoms with Crippen molar-refractivity contribution < 1.29 is 24.2 Å². The van der Waals surface area contributed by atoms with Crippen LogP contribution in [0, 0.1) is 6.92 Å². The van der Waals surface area contributed by atoms with Crippen molar-refractivity contribution in [2.24, 2.45) is 0 Å². The molecule has 29 heavy (non-hydrogen) atoms. The van der Waals surface area contributed by atoms with Gasteiger partial charge in [0.2, 0.25) is 0 Å². The van der Waals surface area contributed by atoms with Crippen molar-refractivity contribution in [1.29, 1.82) is 0 Å². The van der Waals surface area contributed by atoms with E-state index in [0.29, 0.717) is 11.3 Å². The van der Waals surface area contributed by atoms with Gasteiger partial charge in [0.05, 0.1) is 25.3 Å². The average Bonchev–Trinajstić information content (AvgIpc) is 2.96. The van der Waals surface area contributed by atoms with E-state index in [9.17, 15) is 14.7 Å².